The number of aryl methyl sites for hydroxylation is 1. The van der Waals surface area contributed by atoms with Crippen molar-refractivity contribution in [3.05, 3.63) is 22.5 Å². The Morgan fingerprint density at radius 2 is 1.79 bits per heavy atom. The fourth-order valence-electron chi connectivity index (χ4n) is 3.66. The molecule has 1 N–H and O–H groups in total. The van der Waals surface area contributed by atoms with Gasteiger partial charge in [-0.2, -0.15) is 5.26 Å². The van der Waals surface area contributed by atoms with Crippen LogP contribution in [0.5, 0.6) is 0 Å². The van der Waals surface area contributed by atoms with E-state index in [9.17, 15) is 19.6 Å². The SMILES string of the molecule is CCOC(=O)c1[nH]c(C)c(C(=O)OCC(=O)N(C)C2(C#N)CCCCC2)c1C. The molecule has 1 aliphatic rings. The van der Waals surface area contributed by atoms with Crippen LogP contribution in [0.3, 0.4) is 0 Å². The molecule has 0 radical (unpaired) electrons. The summed E-state index contributed by atoms with van der Waals surface area (Å²) < 4.78 is 10.2. The van der Waals surface area contributed by atoms with Crippen LogP contribution in [0, 0.1) is 25.2 Å². The van der Waals surface area contributed by atoms with Gasteiger partial charge in [0, 0.05) is 12.7 Å². The molecule has 28 heavy (non-hydrogen) atoms. The largest absolute Gasteiger partial charge is 0.461 e. The van der Waals surface area contributed by atoms with Crippen LogP contribution in [-0.4, -0.2) is 53.5 Å². The third-order valence-corrected chi connectivity index (χ3v) is 5.35. The number of aromatic amines is 1. The van der Waals surface area contributed by atoms with Gasteiger partial charge < -0.3 is 19.4 Å². The average Bonchev–Trinajstić information content (AvgIpc) is 3.00. The van der Waals surface area contributed by atoms with E-state index in [1.54, 1.807) is 27.8 Å². The standard InChI is InChI=1S/C20H27N3O5/c1-5-27-19(26)17-13(2)16(14(3)22-17)18(25)28-11-15(24)23(4)20(12-21)9-7-6-8-10-20/h22H,5-11H2,1-4H3. The van der Waals surface area contributed by atoms with Gasteiger partial charge in [-0.15, -0.1) is 0 Å². The van der Waals surface area contributed by atoms with Crippen LogP contribution in [0.25, 0.3) is 0 Å². The molecule has 152 valence electrons. The number of rotatable bonds is 6. The molecule has 1 saturated carbocycles. The highest BCUT2D eigenvalue weighted by molar-refractivity contribution is 5.99. The minimum absolute atomic E-state index is 0.195. The third kappa shape index (κ3) is 4.19. The number of hydrogen-bond donors (Lipinski definition) is 1. The molecular weight excluding hydrogens is 362 g/mol. The number of ether oxygens (including phenoxy) is 2. The molecule has 2 rings (SSSR count). The van der Waals surface area contributed by atoms with E-state index in [0.717, 1.165) is 19.3 Å². The number of hydrogen-bond acceptors (Lipinski definition) is 6. The predicted molar refractivity (Wildman–Crippen MR) is 101 cm³/mol. The predicted octanol–water partition coefficient (Wildman–Crippen LogP) is 2.65. The van der Waals surface area contributed by atoms with Crippen molar-refractivity contribution in [1.82, 2.24) is 9.88 Å². The van der Waals surface area contributed by atoms with Crippen molar-refractivity contribution in [1.29, 1.82) is 5.26 Å². The Morgan fingerprint density at radius 3 is 2.36 bits per heavy atom. The quantitative estimate of drug-likeness (QED) is 0.749. The Morgan fingerprint density at radius 1 is 1.14 bits per heavy atom. The summed E-state index contributed by atoms with van der Waals surface area (Å²) in [7, 11) is 1.58. The van der Waals surface area contributed by atoms with Crippen molar-refractivity contribution in [2.24, 2.45) is 0 Å². The Kier molecular flexibility index (Phi) is 6.84. The third-order valence-electron chi connectivity index (χ3n) is 5.35. The van der Waals surface area contributed by atoms with Gasteiger partial charge in [0.05, 0.1) is 18.2 Å². The number of nitrogens with one attached hydrogen (secondary N) is 1. The lowest BCUT2D eigenvalue weighted by Crippen LogP contribution is -2.51. The maximum atomic E-state index is 12.5. The minimum Gasteiger partial charge on any atom is -0.461 e. The van der Waals surface area contributed by atoms with Gasteiger partial charge in [-0.25, -0.2) is 9.59 Å². The van der Waals surface area contributed by atoms with E-state index in [1.165, 1.54) is 4.90 Å². The molecule has 8 heteroatoms. The summed E-state index contributed by atoms with van der Waals surface area (Å²) in [5.74, 6) is -1.67. The monoisotopic (exact) mass is 389 g/mol. The number of amides is 1. The van der Waals surface area contributed by atoms with E-state index in [4.69, 9.17) is 9.47 Å². The van der Waals surface area contributed by atoms with Crippen LogP contribution >= 0.6 is 0 Å². The highest BCUT2D eigenvalue weighted by atomic mass is 16.5. The van der Waals surface area contributed by atoms with Crippen LogP contribution in [0.2, 0.25) is 0 Å². The summed E-state index contributed by atoms with van der Waals surface area (Å²) in [4.78, 5) is 41.2. The van der Waals surface area contributed by atoms with Crippen LogP contribution < -0.4 is 0 Å². The first-order chi connectivity index (χ1) is 13.3. The van der Waals surface area contributed by atoms with E-state index in [1.807, 2.05) is 0 Å². The summed E-state index contributed by atoms with van der Waals surface area (Å²) in [5, 5.41) is 9.59. The van der Waals surface area contributed by atoms with Crippen LogP contribution in [-0.2, 0) is 14.3 Å². The molecule has 1 aromatic heterocycles. The number of H-pyrrole nitrogens is 1. The van der Waals surface area contributed by atoms with Crippen molar-refractivity contribution in [3.8, 4) is 6.07 Å². The second-order valence-electron chi connectivity index (χ2n) is 7.08. The van der Waals surface area contributed by atoms with E-state index >= 15 is 0 Å². The summed E-state index contributed by atoms with van der Waals surface area (Å²) >= 11 is 0. The Balaban J connectivity index is 2.07. The zero-order valence-electron chi connectivity index (χ0n) is 16.9. The summed E-state index contributed by atoms with van der Waals surface area (Å²) in [6.07, 6.45) is 4.08. The second-order valence-corrected chi connectivity index (χ2v) is 7.08. The summed E-state index contributed by atoms with van der Waals surface area (Å²) in [6.45, 7) is 4.72. The smallest absolute Gasteiger partial charge is 0.355 e. The van der Waals surface area contributed by atoms with Gasteiger partial charge in [-0.3, -0.25) is 4.79 Å². The number of esters is 2. The maximum Gasteiger partial charge on any atom is 0.355 e. The number of nitriles is 1. The van der Waals surface area contributed by atoms with E-state index in [2.05, 4.69) is 11.1 Å². The van der Waals surface area contributed by atoms with Gasteiger partial charge in [0.15, 0.2) is 6.61 Å². The number of carbonyl (C=O) groups excluding carboxylic acids is 3. The fourth-order valence-corrected chi connectivity index (χ4v) is 3.66. The zero-order chi connectivity index (χ0) is 20.9. The number of aromatic nitrogens is 1. The first-order valence-electron chi connectivity index (χ1n) is 9.48. The lowest BCUT2D eigenvalue weighted by Gasteiger charge is -2.38. The summed E-state index contributed by atoms with van der Waals surface area (Å²) in [5.41, 5.74) is 0.458. The molecule has 8 nitrogen and oxygen atoms in total. The Hall–Kier alpha value is -2.82. The molecule has 0 aromatic carbocycles. The number of likely N-dealkylation sites (N-methyl/N-ethyl adjacent to an activating group) is 1. The lowest BCUT2D eigenvalue weighted by atomic mass is 9.81. The molecule has 1 aliphatic carbocycles. The maximum absolute atomic E-state index is 12.5. The molecule has 0 atom stereocenters. The van der Waals surface area contributed by atoms with E-state index in [0.29, 0.717) is 24.1 Å². The molecular formula is C20H27N3O5. The molecule has 1 heterocycles. The van der Waals surface area contributed by atoms with Gasteiger partial charge in [0.25, 0.3) is 5.91 Å². The first kappa shape index (κ1) is 21.5. The van der Waals surface area contributed by atoms with Crippen LogP contribution in [0.15, 0.2) is 0 Å². The Bertz CT molecular complexity index is 799. The van der Waals surface area contributed by atoms with Crippen molar-refractivity contribution in [2.75, 3.05) is 20.3 Å². The van der Waals surface area contributed by atoms with Crippen molar-refractivity contribution in [3.63, 3.8) is 0 Å². The highest BCUT2D eigenvalue weighted by Crippen LogP contribution is 2.32. The molecule has 0 saturated heterocycles. The molecule has 0 unspecified atom stereocenters. The van der Waals surface area contributed by atoms with E-state index < -0.39 is 30.0 Å². The minimum atomic E-state index is -0.835. The molecule has 0 spiro atoms. The van der Waals surface area contributed by atoms with Crippen molar-refractivity contribution in [2.45, 2.75) is 58.4 Å². The summed E-state index contributed by atoms with van der Waals surface area (Å²) in [6, 6.07) is 2.27. The number of nitrogens with zero attached hydrogens (tertiary/aromatic N) is 2. The second kappa shape index (κ2) is 8.91. The lowest BCUT2D eigenvalue weighted by molar-refractivity contribution is -0.138. The van der Waals surface area contributed by atoms with Gasteiger partial charge in [-0.1, -0.05) is 19.3 Å². The van der Waals surface area contributed by atoms with Gasteiger partial charge in [-0.05, 0) is 39.2 Å². The van der Waals surface area contributed by atoms with Crippen LogP contribution in [0.1, 0.15) is 71.1 Å². The molecule has 1 amide bonds. The highest BCUT2D eigenvalue weighted by Gasteiger charge is 2.39. The molecule has 1 fully saturated rings. The molecule has 1 aromatic rings. The first-order valence-corrected chi connectivity index (χ1v) is 9.48. The topological polar surface area (TPSA) is 112 Å². The molecule has 0 bridgehead atoms. The normalized spacial score (nSPS) is 15.4. The fraction of sp³-hybridized carbons (Fsp3) is 0.600. The Labute approximate surface area is 164 Å². The van der Waals surface area contributed by atoms with E-state index in [-0.39, 0.29) is 17.9 Å². The van der Waals surface area contributed by atoms with Crippen molar-refractivity contribution < 1.29 is 23.9 Å². The van der Waals surface area contributed by atoms with Crippen LogP contribution in [0.4, 0.5) is 0 Å². The van der Waals surface area contributed by atoms with Gasteiger partial charge in [0.2, 0.25) is 0 Å². The molecule has 0 aliphatic heterocycles. The van der Waals surface area contributed by atoms with Crippen molar-refractivity contribution >= 4 is 17.8 Å². The van der Waals surface area contributed by atoms with Gasteiger partial charge >= 0.3 is 11.9 Å². The number of carbonyl (C=O) groups is 3. The van der Waals surface area contributed by atoms with Gasteiger partial charge in [0.1, 0.15) is 11.2 Å². The zero-order valence-corrected chi connectivity index (χ0v) is 16.9. The average molecular weight is 389 g/mol.